The van der Waals surface area contributed by atoms with E-state index in [1.54, 1.807) is 0 Å². The highest BCUT2D eigenvalue weighted by molar-refractivity contribution is 5.21. The van der Waals surface area contributed by atoms with Crippen molar-refractivity contribution in [1.29, 1.82) is 0 Å². The molecular weight excluding hydrogens is 196 g/mol. The van der Waals surface area contributed by atoms with Crippen molar-refractivity contribution in [3.8, 4) is 0 Å². The van der Waals surface area contributed by atoms with Crippen LogP contribution < -0.4 is 5.73 Å². The average molecular weight is 218 g/mol. The van der Waals surface area contributed by atoms with Crippen LogP contribution in [0.25, 0.3) is 0 Å². The van der Waals surface area contributed by atoms with Crippen LogP contribution in [-0.2, 0) is 11.8 Å². The van der Waals surface area contributed by atoms with E-state index in [1.807, 2.05) is 0 Å². The third-order valence-electron chi connectivity index (χ3n) is 3.91. The Balaban J connectivity index is 2.31. The summed E-state index contributed by atoms with van der Waals surface area (Å²) in [5.41, 5.74) is 8.61. The first-order valence-corrected chi connectivity index (χ1v) is 6.47. The van der Waals surface area contributed by atoms with E-state index in [1.165, 1.54) is 43.5 Å². The molecule has 2 heteroatoms. The minimum Gasteiger partial charge on any atom is -0.330 e. The first-order chi connectivity index (χ1) is 7.80. The summed E-state index contributed by atoms with van der Waals surface area (Å²) < 4.78 is 0. The molecule has 1 aromatic rings. The number of pyridine rings is 1. The maximum absolute atomic E-state index is 6.02. The van der Waals surface area contributed by atoms with Gasteiger partial charge in [0.15, 0.2) is 0 Å². The van der Waals surface area contributed by atoms with Crippen LogP contribution in [0.3, 0.4) is 0 Å². The minimum absolute atomic E-state index is 0.170. The zero-order valence-electron chi connectivity index (χ0n) is 10.2. The van der Waals surface area contributed by atoms with E-state index in [0.717, 1.165) is 13.0 Å². The number of nitrogens with zero attached hydrogens (tertiary/aromatic N) is 1. The molecule has 0 aliphatic heterocycles. The molecule has 1 heterocycles. The normalized spacial score (nSPS) is 19.6. The molecular formula is C14H22N2. The Morgan fingerprint density at radius 2 is 2.00 bits per heavy atom. The van der Waals surface area contributed by atoms with Gasteiger partial charge in [-0.05, 0) is 31.4 Å². The lowest BCUT2D eigenvalue weighted by atomic mass is 9.71. The van der Waals surface area contributed by atoms with Crippen molar-refractivity contribution in [3.05, 3.63) is 29.6 Å². The predicted molar refractivity (Wildman–Crippen MR) is 67.4 cm³/mol. The second kappa shape index (κ2) is 4.96. The molecule has 1 saturated carbocycles. The summed E-state index contributed by atoms with van der Waals surface area (Å²) in [6.45, 7) is 2.90. The van der Waals surface area contributed by atoms with Crippen molar-refractivity contribution in [1.82, 2.24) is 4.98 Å². The monoisotopic (exact) mass is 218 g/mol. The minimum atomic E-state index is 0.170. The number of rotatable bonds is 3. The number of hydrogen-bond donors (Lipinski definition) is 1. The Morgan fingerprint density at radius 1 is 1.25 bits per heavy atom. The van der Waals surface area contributed by atoms with Crippen molar-refractivity contribution in [3.63, 3.8) is 0 Å². The predicted octanol–water partition coefficient (Wildman–Crippen LogP) is 2.80. The zero-order valence-corrected chi connectivity index (χ0v) is 10.2. The van der Waals surface area contributed by atoms with Crippen molar-refractivity contribution >= 4 is 0 Å². The Kier molecular flexibility index (Phi) is 3.59. The fraction of sp³-hybridized carbons (Fsp3) is 0.643. The van der Waals surface area contributed by atoms with Gasteiger partial charge in [-0.25, -0.2) is 0 Å². The van der Waals surface area contributed by atoms with E-state index in [0.29, 0.717) is 0 Å². The molecule has 0 unspecified atom stereocenters. The van der Waals surface area contributed by atoms with Crippen LogP contribution in [-0.4, -0.2) is 11.5 Å². The van der Waals surface area contributed by atoms with E-state index in [2.05, 4.69) is 25.1 Å². The summed E-state index contributed by atoms with van der Waals surface area (Å²) in [5.74, 6) is 0. The van der Waals surface area contributed by atoms with Gasteiger partial charge in [0.2, 0.25) is 0 Å². The van der Waals surface area contributed by atoms with Gasteiger partial charge in [-0.2, -0.15) is 0 Å². The van der Waals surface area contributed by atoms with Crippen LogP contribution >= 0.6 is 0 Å². The van der Waals surface area contributed by atoms with E-state index in [9.17, 15) is 0 Å². The second-order valence-corrected chi connectivity index (χ2v) is 4.91. The summed E-state index contributed by atoms with van der Waals surface area (Å²) in [4.78, 5) is 4.78. The van der Waals surface area contributed by atoms with Crippen LogP contribution in [0.5, 0.6) is 0 Å². The van der Waals surface area contributed by atoms with Gasteiger partial charge in [0, 0.05) is 23.3 Å². The van der Waals surface area contributed by atoms with Crippen LogP contribution in [0.1, 0.15) is 50.4 Å². The Labute approximate surface area is 98.3 Å². The molecule has 0 aromatic carbocycles. The lowest BCUT2D eigenvalue weighted by Gasteiger charge is -2.35. The largest absolute Gasteiger partial charge is 0.330 e. The smallest absolute Gasteiger partial charge is 0.0481 e. The fourth-order valence-electron chi connectivity index (χ4n) is 2.77. The van der Waals surface area contributed by atoms with E-state index < -0.39 is 0 Å². The van der Waals surface area contributed by atoms with Gasteiger partial charge in [-0.15, -0.1) is 0 Å². The molecule has 16 heavy (non-hydrogen) atoms. The highest BCUT2D eigenvalue weighted by Gasteiger charge is 2.33. The van der Waals surface area contributed by atoms with Crippen molar-refractivity contribution in [2.75, 3.05) is 6.54 Å². The first-order valence-electron chi connectivity index (χ1n) is 6.47. The summed E-state index contributed by atoms with van der Waals surface area (Å²) in [5, 5.41) is 0. The Hall–Kier alpha value is -0.890. The fourth-order valence-corrected chi connectivity index (χ4v) is 2.77. The highest BCUT2D eigenvalue weighted by atomic mass is 14.8. The molecule has 1 aromatic heterocycles. The third-order valence-corrected chi connectivity index (χ3v) is 3.91. The van der Waals surface area contributed by atoms with Crippen molar-refractivity contribution in [2.45, 2.75) is 50.9 Å². The van der Waals surface area contributed by atoms with Gasteiger partial charge >= 0.3 is 0 Å². The number of aryl methyl sites for hydroxylation is 1. The van der Waals surface area contributed by atoms with Gasteiger partial charge in [0.25, 0.3) is 0 Å². The van der Waals surface area contributed by atoms with Crippen LogP contribution in [0, 0.1) is 0 Å². The Bertz CT molecular complexity index is 340. The van der Waals surface area contributed by atoms with Crippen molar-refractivity contribution in [2.24, 2.45) is 5.73 Å². The molecule has 0 bridgehead atoms. The zero-order chi connectivity index (χ0) is 11.4. The molecule has 0 atom stereocenters. The number of aromatic nitrogens is 1. The molecule has 1 fully saturated rings. The van der Waals surface area contributed by atoms with E-state index in [4.69, 9.17) is 10.7 Å². The van der Waals surface area contributed by atoms with Crippen LogP contribution in [0.15, 0.2) is 18.2 Å². The topological polar surface area (TPSA) is 38.9 Å². The Morgan fingerprint density at radius 3 is 2.62 bits per heavy atom. The molecule has 2 rings (SSSR count). The molecule has 0 amide bonds. The van der Waals surface area contributed by atoms with Gasteiger partial charge in [0.05, 0.1) is 0 Å². The summed E-state index contributed by atoms with van der Waals surface area (Å²) in [6.07, 6.45) is 7.39. The van der Waals surface area contributed by atoms with Gasteiger partial charge in [-0.3, -0.25) is 4.98 Å². The standard InChI is InChI=1S/C14H22N2/c1-2-12-7-6-8-13(16-12)14(11-15)9-4-3-5-10-14/h6-8H,2-5,9-11,15H2,1H3. The quantitative estimate of drug-likeness (QED) is 0.847. The van der Waals surface area contributed by atoms with Gasteiger partial charge in [-0.1, -0.05) is 32.3 Å². The lowest BCUT2D eigenvalue weighted by molar-refractivity contribution is 0.293. The molecule has 2 N–H and O–H groups in total. The van der Waals surface area contributed by atoms with Gasteiger partial charge in [0.1, 0.15) is 0 Å². The molecule has 0 radical (unpaired) electrons. The summed E-state index contributed by atoms with van der Waals surface area (Å²) >= 11 is 0. The summed E-state index contributed by atoms with van der Waals surface area (Å²) in [7, 11) is 0. The number of nitrogens with two attached hydrogens (primary N) is 1. The SMILES string of the molecule is CCc1cccc(C2(CN)CCCCC2)n1. The molecule has 0 saturated heterocycles. The van der Waals surface area contributed by atoms with Crippen molar-refractivity contribution < 1.29 is 0 Å². The second-order valence-electron chi connectivity index (χ2n) is 4.91. The first kappa shape index (κ1) is 11.6. The van der Waals surface area contributed by atoms with Crippen LogP contribution in [0.4, 0.5) is 0 Å². The highest BCUT2D eigenvalue weighted by Crippen LogP contribution is 2.37. The maximum atomic E-state index is 6.02. The molecule has 2 nitrogen and oxygen atoms in total. The third kappa shape index (κ3) is 2.12. The molecule has 1 aliphatic rings. The number of hydrogen-bond acceptors (Lipinski definition) is 2. The van der Waals surface area contributed by atoms with Crippen LogP contribution in [0.2, 0.25) is 0 Å². The lowest BCUT2D eigenvalue weighted by Crippen LogP contribution is -2.38. The molecule has 0 spiro atoms. The van der Waals surface area contributed by atoms with E-state index in [-0.39, 0.29) is 5.41 Å². The summed E-state index contributed by atoms with van der Waals surface area (Å²) in [6, 6.07) is 6.40. The molecule has 88 valence electrons. The molecule has 1 aliphatic carbocycles. The van der Waals surface area contributed by atoms with E-state index >= 15 is 0 Å². The average Bonchev–Trinajstić information content (AvgIpc) is 2.39. The maximum Gasteiger partial charge on any atom is 0.0481 e. The van der Waals surface area contributed by atoms with Gasteiger partial charge < -0.3 is 5.73 Å².